The fraction of sp³-hybridized carbons (Fsp3) is 0.320. The Morgan fingerprint density at radius 1 is 1.11 bits per heavy atom. The first-order chi connectivity index (χ1) is 17.0. The third kappa shape index (κ3) is 5.89. The van der Waals surface area contributed by atoms with Crippen molar-refractivity contribution in [3.8, 4) is 23.0 Å². The molecule has 2 aliphatic heterocycles. The van der Waals surface area contributed by atoms with E-state index in [2.05, 4.69) is 5.32 Å². The number of amides is 3. The number of carbonyl (C=O) groups is 3. The van der Waals surface area contributed by atoms with Crippen LogP contribution in [0.15, 0.2) is 41.3 Å². The van der Waals surface area contributed by atoms with Gasteiger partial charge in [-0.1, -0.05) is 12.1 Å². The normalized spacial score (nSPS) is 15.9. The SMILES string of the molecule is CCOc1ccc(/C=C2\SC(=O)N(CCNC(=O)Cc3ccc4c(c3)OCCO4)C2=O)cc1OC. The molecule has 184 valence electrons. The first-order valence-electron chi connectivity index (χ1n) is 11.2. The fourth-order valence-electron chi connectivity index (χ4n) is 3.65. The molecule has 0 aromatic heterocycles. The summed E-state index contributed by atoms with van der Waals surface area (Å²) < 4.78 is 21.9. The summed E-state index contributed by atoms with van der Waals surface area (Å²) >= 11 is 0.867. The predicted octanol–water partition coefficient (Wildman–Crippen LogP) is 3.26. The minimum atomic E-state index is -0.395. The molecular formula is C25H26N2O7S. The van der Waals surface area contributed by atoms with E-state index in [4.69, 9.17) is 18.9 Å². The van der Waals surface area contributed by atoms with E-state index in [0.717, 1.165) is 22.2 Å². The molecule has 0 saturated carbocycles. The Balaban J connectivity index is 1.31. The number of hydrogen-bond donors (Lipinski definition) is 1. The number of hydrogen-bond acceptors (Lipinski definition) is 8. The van der Waals surface area contributed by atoms with Gasteiger partial charge in [0.2, 0.25) is 5.91 Å². The Kier molecular flexibility index (Phi) is 7.81. The summed E-state index contributed by atoms with van der Waals surface area (Å²) in [5.74, 6) is 1.82. The van der Waals surface area contributed by atoms with Crippen LogP contribution in [-0.4, -0.2) is 62.0 Å². The van der Waals surface area contributed by atoms with E-state index in [-0.39, 0.29) is 30.7 Å². The summed E-state index contributed by atoms with van der Waals surface area (Å²) in [6.07, 6.45) is 1.79. The van der Waals surface area contributed by atoms with Gasteiger partial charge in [-0.15, -0.1) is 0 Å². The number of benzene rings is 2. The van der Waals surface area contributed by atoms with Gasteiger partial charge in [0.25, 0.3) is 11.1 Å². The lowest BCUT2D eigenvalue weighted by Gasteiger charge is -2.18. The van der Waals surface area contributed by atoms with E-state index >= 15 is 0 Å². The van der Waals surface area contributed by atoms with Crippen molar-refractivity contribution in [2.45, 2.75) is 13.3 Å². The van der Waals surface area contributed by atoms with Crippen LogP contribution in [0.5, 0.6) is 23.0 Å². The van der Waals surface area contributed by atoms with Gasteiger partial charge in [0.15, 0.2) is 23.0 Å². The third-order valence-corrected chi connectivity index (χ3v) is 6.20. The second-order valence-electron chi connectivity index (χ2n) is 7.68. The lowest BCUT2D eigenvalue weighted by atomic mass is 10.1. The number of nitrogens with zero attached hydrogens (tertiary/aromatic N) is 1. The molecule has 4 rings (SSSR count). The Bertz CT molecular complexity index is 1160. The molecule has 1 saturated heterocycles. The Morgan fingerprint density at radius 3 is 2.69 bits per heavy atom. The van der Waals surface area contributed by atoms with Gasteiger partial charge in [-0.25, -0.2) is 0 Å². The van der Waals surface area contributed by atoms with Crippen LogP contribution in [0.2, 0.25) is 0 Å². The van der Waals surface area contributed by atoms with Crippen LogP contribution in [0.25, 0.3) is 6.08 Å². The topological polar surface area (TPSA) is 103 Å². The Labute approximate surface area is 207 Å². The van der Waals surface area contributed by atoms with E-state index < -0.39 is 5.91 Å². The summed E-state index contributed by atoms with van der Waals surface area (Å²) in [5.41, 5.74) is 1.50. The van der Waals surface area contributed by atoms with E-state index in [9.17, 15) is 14.4 Å². The van der Waals surface area contributed by atoms with E-state index in [0.29, 0.717) is 53.3 Å². The smallest absolute Gasteiger partial charge is 0.293 e. The summed E-state index contributed by atoms with van der Waals surface area (Å²) in [5, 5.41) is 2.39. The molecule has 0 atom stereocenters. The second kappa shape index (κ2) is 11.2. The largest absolute Gasteiger partial charge is 0.493 e. The highest BCUT2D eigenvalue weighted by molar-refractivity contribution is 8.18. The van der Waals surface area contributed by atoms with Gasteiger partial charge in [-0.2, -0.15) is 0 Å². The molecule has 35 heavy (non-hydrogen) atoms. The molecule has 2 heterocycles. The molecule has 2 aliphatic rings. The first kappa shape index (κ1) is 24.5. The highest BCUT2D eigenvalue weighted by Crippen LogP contribution is 2.34. The number of ether oxygens (including phenoxy) is 4. The molecule has 0 radical (unpaired) electrons. The van der Waals surface area contributed by atoms with E-state index in [1.807, 2.05) is 13.0 Å². The van der Waals surface area contributed by atoms with Crippen molar-refractivity contribution in [3.05, 3.63) is 52.4 Å². The predicted molar refractivity (Wildman–Crippen MR) is 131 cm³/mol. The average molecular weight is 499 g/mol. The quantitative estimate of drug-likeness (QED) is 0.526. The van der Waals surface area contributed by atoms with Crippen molar-refractivity contribution in [3.63, 3.8) is 0 Å². The zero-order chi connectivity index (χ0) is 24.8. The zero-order valence-corrected chi connectivity index (χ0v) is 20.3. The van der Waals surface area contributed by atoms with Gasteiger partial charge in [0, 0.05) is 13.1 Å². The van der Waals surface area contributed by atoms with Crippen molar-refractivity contribution >= 4 is 34.9 Å². The number of imide groups is 1. The molecule has 0 unspecified atom stereocenters. The molecule has 0 spiro atoms. The lowest BCUT2D eigenvalue weighted by molar-refractivity contribution is -0.124. The van der Waals surface area contributed by atoms with Gasteiger partial charge in [0.05, 0.1) is 25.0 Å². The van der Waals surface area contributed by atoms with Crippen LogP contribution in [-0.2, 0) is 16.0 Å². The van der Waals surface area contributed by atoms with Gasteiger partial charge < -0.3 is 24.3 Å². The molecule has 10 heteroatoms. The van der Waals surface area contributed by atoms with E-state index in [1.165, 1.54) is 7.11 Å². The maximum Gasteiger partial charge on any atom is 0.293 e. The minimum Gasteiger partial charge on any atom is -0.493 e. The molecule has 2 aromatic rings. The highest BCUT2D eigenvalue weighted by Gasteiger charge is 2.34. The summed E-state index contributed by atoms with van der Waals surface area (Å²) in [7, 11) is 1.54. The Hall–Kier alpha value is -3.66. The Morgan fingerprint density at radius 2 is 1.91 bits per heavy atom. The number of fused-ring (bicyclic) bond motifs is 1. The van der Waals surface area contributed by atoms with Crippen molar-refractivity contribution in [1.82, 2.24) is 10.2 Å². The van der Waals surface area contributed by atoms with Crippen molar-refractivity contribution < 1.29 is 33.3 Å². The monoisotopic (exact) mass is 498 g/mol. The second-order valence-corrected chi connectivity index (χ2v) is 8.67. The number of methoxy groups -OCH3 is 1. The number of nitrogens with one attached hydrogen (secondary N) is 1. The summed E-state index contributed by atoms with van der Waals surface area (Å²) in [6, 6.07) is 10.7. The zero-order valence-electron chi connectivity index (χ0n) is 19.5. The third-order valence-electron chi connectivity index (χ3n) is 5.29. The van der Waals surface area contributed by atoms with E-state index in [1.54, 1.807) is 36.4 Å². The molecule has 9 nitrogen and oxygen atoms in total. The maximum absolute atomic E-state index is 12.8. The van der Waals surface area contributed by atoms with Crippen LogP contribution in [0.3, 0.4) is 0 Å². The molecule has 3 amide bonds. The van der Waals surface area contributed by atoms with Crippen LogP contribution in [0, 0.1) is 0 Å². The lowest BCUT2D eigenvalue weighted by Crippen LogP contribution is -2.37. The highest BCUT2D eigenvalue weighted by atomic mass is 32.2. The average Bonchev–Trinajstić information content (AvgIpc) is 3.12. The van der Waals surface area contributed by atoms with Crippen molar-refractivity contribution in [1.29, 1.82) is 0 Å². The van der Waals surface area contributed by atoms with Gasteiger partial charge >= 0.3 is 0 Å². The molecule has 1 fully saturated rings. The molecular weight excluding hydrogens is 472 g/mol. The molecule has 0 bridgehead atoms. The number of carbonyl (C=O) groups excluding carboxylic acids is 3. The molecule has 1 N–H and O–H groups in total. The maximum atomic E-state index is 12.8. The standard InChI is InChI=1S/C25H26N2O7S/c1-3-32-18-6-4-16(12-20(18)31-2)14-22-24(29)27(25(30)35-22)9-8-26-23(28)15-17-5-7-19-21(13-17)34-11-10-33-19/h4-7,12-14H,3,8-11,15H2,1-2H3,(H,26,28)/b22-14-. The first-order valence-corrected chi connectivity index (χ1v) is 12.0. The van der Waals surface area contributed by atoms with Gasteiger partial charge in [-0.05, 0) is 60.2 Å². The fourth-order valence-corrected chi connectivity index (χ4v) is 4.51. The number of thioether (sulfide) groups is 1. The minimum absolute atomic E-state index is 0.0848. The van der Waals surface area contributed by atoms with Crippen LogP contribution in [0.4, 0.5) is 4.79 Å². The number of rotatable bonds is 9. The molecule has 2 aromatic carbocycles. The van der Waals surface area contributed by atoms with Crippen molar-refractivity contribution in [2.75, 3.05) is 40.0 Å². The summed E-state index contributed by atoms with van der Waals surface area (Å²) in [6.45, 7) is 3.60. The van der Waals surface area contributed by atoms with Gasteiger partial charge in [0.1, 0.15) is 13.2 Å². The van der Waals surface area contributed by atoms with Gasteiger partial charge in [-0.3, -0.25) is 19.3 Å². The van der Waals surface area contributed by atoms with Crippen LogP contribution < -0.4 is 24.3 Å². The van der Waals surface area contributed by atoms with Crippen LogP contribution in [0.1, 0.15) is 18.1 Å². The summed E-state index contributed by atoms with van der Waals surface area (Å²) in [4.78, 5) is 39.0. The van der Waals surface area contributed by atoms with Crippen molar-refractivity contribution in [2.24, 2.45) is 0 Å². The van der Waals surface area contributed by atoms with Crippen LogP contribution >= 0.6 is 11.8 Å². The molecule has 0 aliphatic carbocycles.